The molecule has 1 amide bonds. The van der Waals surface area contributed by atoms with Crippen LogP contribution in [0.3, 0.4) is 0 Å². The number of nitrogens with zero attached hydrogens (tertiary/aromatic N) is 1. The zero-order valence-electron chi connectivity index (χ0n) is 12.2. The number of nitrogens with two attached hydrogens (primary N) is 1. The van der Waals surface area contributed by atoms with Gasteiger partial charge in [0.25, 0.3) is 0 Å². The van der Waals surface area contributed by atoms with Crippen LogP contribution in [0.5, 0.6) is 0 Å². The number of rotatable bonds is 4. The average molecular weight is 278 g/mol. The van der Waals surface area contributed by atoms with E-state index in [2.05, 4.69) is 6.92 Å². The lowest BCUT2D eigenvalue weighted by Crippen LogP contribution is -2.33. The smallest absolute Gasteiger partial charge is 0.223 e. The van der Waals surface area contributed by atoms with E-state index < -0.39 is 0 Å². The fourth-order valence-electron chi connectivity index (χ4n) is 2.86. The Morgan fingerprint density at radius 1 is 1.50 bits per heavy atom. The van der Waals surface area contributed by atoms with Gasteiger partial charge in [-0.15, -0.1) is 0 Å². The largest absolute Gasteiger partial charge is 0.335 e. The summed E-state index contributed by atoms with van der Waals surface area (Å²) in [7, 11) is 0. The Morgan fingerprint density at radius 2 is 2.20 bits per heavy atom. The molecule has 1 fully saturated rings. The van der Waals surface area contributed by atoms with Crippen LogP contribution in [0.4, 0.5) is 4.39 Å². The summed E-state index contributed by atoms with van der Waals surface area (Å²) in [6, 6.07) is 6.62. The maximum atomic E-state index is 14.0. The van der Waals surface area contributed by atoms with Crippen LogP contribution in [0.25, 0.3) is 0 Å². The molecule has 110 valence electrons. The summed E-state index contributed by atoms with van der Waals surface area (Å²) >= 11 is 0. The van der Waals surface area contributed by atoms with Crippen molar-refractivity contribution >= 4 is 5.91 Å². The number of likely N-dealkylation sites (tertiary alicyclic amines) is 1. The van der Waals surface area contributed by atoms with Gasteiger partial charge in [0.05, 0.1) is 6.04 Å². The number of benzene rings is 1. The monoisotopic (exact) mass is 278 g/mol. The number of hydrogen-bond acceptors (Lipinski definition) is 2. The number of halogens is 1. The molecule has 2 N–H and O–H groups in total. The molecule has 0 unspecified atom stereocenters. The molecule has 3 atom stereocenters. The Morgan fingerprint density at radius 3 is 2.85 bits per heavy atom. The maximum absolute atomic E-state index is 14.0. The van der Waals surface area contributed by atoms with Gasteiger partial charge in [-0.3, -0.25) is 4.79 Å². The van der Waals surface area contributed by atoms with Crippen molar-refractivity contribution in [2.24, 2.45) is 17.6 Å². The fourth-order valence-corrected chi connectivity index (χ4v) is 2.86. The van der Waals surface area contributed by atoms with Gasteiger partial charge >= 0.3 is 0 Å². The highest BCUT2D eigenvalue weighted by molar-refractivity contribution is 5.77. The normalized spacial score (nSPS) is 23.9. The van der Waals surface area contributed by atoms with Gasteiger partial charge in [-0.1, -0.05) is 32.0 Å². The SMILES string of the molecule is C[C@H](CN)CC(=O)N1C[C@@H](C)C[C@H]1c1ccccc1F. The first kappa shape index (κ1) is 15.0. The molecule has 3 nitrogen and oxygen atoms in total. The Bertz CT molecular complexity index is 477. The van der Waals surface area contributed by atoms with Gasteiger partial charge in [-0.05, 0) is 30.9 Å². The third kappa shape index (κ3) is 3.18. The van der Waals surface area contributed by atoms with Gasteiger partial charge in [0.15, 0.2) is 0 Å². The molecule has 1 aromatic rings. The van der Waals surface area contributed by atoms with E-state index >= 15 is 0 Å². The highest BCUT2D eigenvalue weighted by atomic mass is 19.1. The van der Waals surface area contributed by atoms with E-state index in [-0.39, 0.29) is 23.7 Å². The Hall–Kier alpha value is -1.42. The van der Waals surface area contributed by atoms with E-state index in [9.17, 15) is 9.18 Å². The molecule has 1 heterocycles. The van der Waals surface area contributed by atoms with Crippen molar-refractivity contribution in [2.75, 3.05) is 13.1 Å². The lowest BCUT2D eigenvalue weighted by atomic mass is 10.00. The minimum absolute atomic E-state index is 0.0838. The minimum atomic E-state index is -0.226. The van der Waals surface area contributed by atoms with E-state index in [0.717, 1.165) is 6.42 Å². The zero-order valence-corrected chi connectivity index (χ0v) is 12.2. The number of carbonyl (C=O) groups is 1. The molecule has 4 heteroatoms. The van der Waals surface area contributed by atoms with Gasteiger partial charge in [0, 0.05) is 18.5 Å². The molecule has 2 rings (SSSR count). The summed E-state index contributed by atoms with van der Waals surface area (Å²) in [6.07, 6.45) is 1.26. The highest BCUT2D eigenvalue weighted by Gasteiger charge is 2.35. The second-order valence-electron chi connectivity index (χ2n) is 5.97. The van der Waals surface area contributed by atoms with Gasteiger partial charge in [-0.25, -0.2) is 4.39 Å². The standard InChI is InChI=1S/C16H23FN2O/c1-11(9-18)8-16(20)19-10-12(2)7-15(19)13-5-3-4-6-14(13)17/h3-6,11-12,15H,7-10,18H2,1-2H3/t11-,12-,15-/m0/s1. The predicted molar refractivity (Wildman–Crippen MR) is 77.5 cm³/mol. The molecule has 20 heavy (non-hydrogen) atoms. The molecule has 0 aliphatic carbocycles. The van der Waals surface area contributed by atoms with Crippen molar-refractivity contribution in [2.45, 2.75) is 32.7 Å². The van der Waals surface area contributed by atoms with Crippen LogP contribution < -0.4 is 5.73 Å². The van der Waals surface area contributed by atoms with Crippen molar-refractivity contribution in [3.05, 3.63) is 35.6 Å². The molecule has 0 aromatic heterocycles. The van der Waals surface area contributed by atoms with Crippen molar-refractivity contribution in [3.8, 4) is 0 Å². The van der Waals surface area contributed by atoms with Crippen LogP contribution in [0.2, 0.25) is 0 Å². The van der Waals surface area contributed by atoms with Crippen molar-refractivity contribution in [3.63, 3.8) is 0 Å². The van der Waals surface area contributed by atoms with E-state index in [1.54, 1.807) is 12.1 Å². The van der Waals surface area contributed by atoms with Crippen molar-refractivity contribution < 1.29 is 9.18 Å². The maximum Gasteiger partial charge on any atom is 0.223 e. The predicted octanol–water partition coefficient (Wildman–Crippen LogP) is 2.72. The summed E-state index contributed by atoms with van der Waals surface area (Å²) < 4.78 is 14.0. The minimum Gasteiger partial charge on any atom is -0.335 e. The molecular weight excluding hydrogens is 255 g/mol. The first-order valence-corrected chi connectivity index (χ1v) is 7.26. The van der Waals surface area contributed by atoms with Crippen molar-refractivity contribution in [1.82, 2.24) is 4.90 Å². The van der Waals surface area contributed by atoms with Gasteiger partial charge in [0.2, 0.25) is 5.91 Å². The second-order valence-corrected chi connectivity index (χ2v) is 5.97. The molecule has 1 aliphatic rings. The van der Waals surface area contributed by atoms with Crippen molar-refractivity contribution in [1.29, 1.82) is 0 Å². The van der Waals surface area contributed by atoms with Gasteiger partial charge < -0.3 is 10.6 Å². The third-order valence-corrected chi connectivity index (χ3v) is 4.02. The van der Waals surface area contributed by atoms with Gasteiger partial charge in [0.1, 0.15) is 5.82 Å². The topological polar surface area (TPSA) is 46.3 Å². The summed E-state index contributed by atoms with van der Waals surface area (Å²) in [5.41, 5.74) is 6.22. The first-order chi connectivity index (χ1) is 9.52. The van der Waals surface area contributed by atoms with Crippen LogP contribution in [0.1, 0.15) is 38.3 Å². The molecule has 0 radical (unpaired) electrons. The molecule has 1 aromatic carbocycles. The number of amides is 1. The van der Waals surface area contributed by atoms with Crippen LogP contribution in [-0.2, 0) is 4.79 Å². The zero-order chi connectivity index (χ0) is 14.7. The Kier molecular flexibility index (Phi) is 4.76. The molecule has 1 aliphatic heterocycles. The highest BCUT2D eigenvalue weighted by Crippen LogP contribution is 2.36. The number of hydrogen-bond donors (Lipinski definition) is 1. The summed E-state index contributed by atoms with van der Waals surface area (Å²) in [4.78, 5) is 14.2. The molecule has 1 saturated heterocycles. The lowest BCUT2D eigenvalue weighted by Gasteiger charge is -2.26. The molecular formula is C16H23FN2O. The fraction of sp³-hybridized carbons (Fsp3) is 0.562. The average Bonchev–Trinajstić information content (AvgIpc) is 2.81. The van der Waals surface area contributed by atoms with Crippen LogP contribution in [0, 0.1) is 17.7 Å². The van der Waals surface area contributed by atoms with E-state index in [0.29, 0.717) is 31.0 Å². The molecule has 0 spiro atoms. The third-order valence-electron chi connectivity index (χ3n) is 4.02. The Labute approximate surface area is 120 Å². The Balaban J connectivity index is 2.19. The number of carbonyl (C=O) groups excluding carboxylic acids is 1. The molecule has 0 bridgehead atoms. The van der Waals surface area contributed by atoms with Crippen LogP contribution in [-0.4, -0.2) is 23.9 Å². The van der Waals surface area contributed by atoms with E-state index in [4.69, 9.17) is 5.73 Å². The summed E-state index contributed by atoms with van der Waals surface area (Å²) in [6.45, 7) is 5.28. The summed E-state index contributed by atoms with van der Waals surface area (Å²) in [5.74, 6) is 0.424. The van der Waals surface area contributed by atoms with Crippen LogP contribution >= 0.6 is 0 Å². The van der Waals surface area contributed by atoms with E-state index in [1.165, 1.54) is 6.07 Å². The first-order valence-electron chi connectivity index (χ1n) is 7.26. The molecule has 0 saturated carbocycles. The van der Waals surface area contributed by atoms with Gasteiger partial charge in [-0.2, -0.15) is 0 Å². The quantitative estimate of drug-likeness (QED) is 0.920. The lowest BCUT2D eigenvalue weighted by molar-refractivity contribution is -0.133. The summed E-state index contributed by atoms with van der Waals surface area (Å²) in [5, 5.41) is 0. The van der Waals surface area contributed by atoms with E-state index in [1.807, 2.05) is 17.9 Å². The van der Waals surface area contributed by atoms with Crippen LogP contribution in [0.15, 0.2) is 24.3 Å². The second kappa shape index (κ2) is 6.35.